The van der Waals surface area contributed by atoms with Crippen LogP contribution in [0.4, 0.5) is 23.0 Å². The molecular formula is C23H24N6O. The van der Waals surface area contributed by atoms with Gasteiger partial charge in [-0.25, -0.2) is 9.97 Å². The van der Waals surface area contributed by atoms with Gasteiger partial charge in [0.25, 0.3) is 0 Å². The van der Waals surface area contributed by atoms with Crippen LogP contribution in [0.15, 0.2) is 60.9 Å². The van der Waals surface area contributed by atoms with Gasteiger partial charge >= 0.3 is 0 Å². The van der Waals surface area contributed by atoms with E-state index in [4.69, 9.17) is 15.5 Å². The summed E-state index contributed by atoms with van der Waals surface area (Å²) in [6, 6.07) is 16.2. The molecule has 3 N–H and O–H groups in total. The van der Waals surface area contributed by atoms with Crippen LogP contribution in [0.25, 0.3) is 22.2 Å². The predicted molar refractivity (Wildman–Crippen MR) is 121 cm³/mol. The summed E-state index contributed by atoms with van der Waals surface area (Å²) in [6.45, 7) is 3.41. The third-order valence-electron chi connectivity index (χ3n) is 5.45. The Hall–Kier alpha value is -3.58. The number of benzene rings is 2. The number of hydrogen-bond acceptors (Lipinski definition) is 6. The van der Waals surface area contributed by atoms with Crippen molar-refractivity contribution in [2.45, 2.75) is 0 Å². The molecule has 0 bridgehead atoms. The number of ether oxygens (including phenoxy) is 1. The van der Waals surface area contributed by atoms with Gasteiger partial charge in [0.05, 0.1) is 24.4 Å². The smallest absolute Gasteiger partial charge is 0.227 e. The average Bonchev–Trinajstić information content (AvgIpc) is 3.11. The summed E-state index contributed by atoms with van der Waals surface area (Å²) >= 11 is 0. The van der Waals surface area contributed by atoms with Crippen molar-refractivity contribution in [2.75, 3.05) is 42.3 Å². The van der Waals surface area contributed by atoms with E-state index in [1.807, 2.05) is 31.3 Å². The third-order valence-corrected chi connectivity index (χ3v) is 5.45. The lowest BCUT2D eigenvalue weighted by Gasteiger charge is -2.28. The molecule has 2 aromatic carbocycles. The molecule has 1 aliphatic heterocycles. The Bertz CT molecular complexity index is 1180. The third kappa shape index (κ3) is 3.55. The van der Waals surface area contributed by atoms with Crippen LogP contribution in [-0.2, 0) is 11.8 Å². The van der Waals surface area contributed by atoms with Gasteiger partial charge in [0.1, 0.15) is 0 Å². The molecule has 0 radical (unpaired) electrons. The first-order chi connectivity index (χ1) is 14.7. The van der Waals surface area contributed by atoms with Crippen molar-refractivity contribution in [1.29, 1.82) is 0 Å². The second kappa shape index (κ2) is 7.68. The predicted octanol–water partition coefficient (Wildman–Crippen LogP) is 3.80. The lowest BCUT2D eigenvalue weighted by Crippen LogP contribution is -2.36. The van der Waals surface area contributed by atoms with Crippen LogP contribution < -0.4 is 16.0 Å². The van der Waals surface area contributed by atoms with Crippen LogP contribution in [0.5, 0.6) is 0 Å². The summed E-state index contributed by atoms with van der Waals surface area (Å²) < 4.78 is 7.50. The van der Waals surface area contributed by atoms with Gasteiger partial charge < -0.3 is 25.3 Å². The lowest BCUT2D eigenvalue weighted by atomic mass is 10.1. The molecule has 0 aliphatic carbocycles. The number of nitrogen functional groups attached to an aromatic ring is 1. The number of nitrogens with zero attached hydrogens (tertiary/aromatic N) is 4. The second-order valence-corrected chi connectivity index (χ2v) is 7.47. The maximum Gasteiger partial charge on any atom is 0.227 e. The molecule has 0 saturated carbocycles. The minimum atomic E-state index is 0.569. The molecule has 7 heteroatoms. The van der Waals surface area contributed by atoms with Crippen molar-refractivity contribution in [3.63, 3.8) is 0 Å². The van der Waals surface area contributed by atoms with Crippen molar-refractivity contribution in [3.05, 3.63) is 60.9 Å². The fraction of sp³-hybridized carbons (Fsp3) is 0.217. The minimum absolute atomic E-state index is 0.569. The van der Waals surface area contributed by atoms with E-state index < -0.39 is 0 Å². The zero-order chi connectivity index (χ0) is 20.5. The van der Waals surface area contributed by atoms with Crippen molar-refractivity contribution >= 4 is 33.9 Å². The molecule has 0 amide bonds. The maximum absolute atomic E-state index is 5.95. The Labute approximate surface area is 175 Å². The number of nitrogens with two attached hydrogens (primary N) is 1. The number of aromatic nitrogens is 3. The molecule has 152 valence electrons. The number of morpholine rings is 1. The highest BCUT2D eigenvalue weighted by molar-refractivity contribution is 5.96. The van der Waals surface area contributed by atoms with Crippen molar-refractivity contribution in [3.8, 4) is 11.3 Å². The minimum Gasteiger partial charge on any atom is -0.399 e. The highest BCUT2D eigenvalue weighted by Crippen LogP contribution is 2.31. The Morgan fingerprint density at radius 1 is 1.03 bits per heavy atom. The molecule has 1 fully saturated rings. The van der Waals surface area contributed by atoms with Crippen LogP contribution >= 0.6 is 0 Å². The molecule has 2 aromatic heterocycles. The number of aryl methyl sites for hydroxylation is 1. The Kier molecular flexibility index (Phi) is 4.72. The van der Waals surface area contributed by atoms with Gasteiger partial charge in [-0.05, 0) is 42.5 Å². The van der Waals surface area contributed by atoms with E-state index in [1.165, 1.54) is 5.69 Å². The van der Waals surface area contributed by atoms with Crippen molar-refractivity contribution in [2.24, 2.45) is 7.05 Å². The number of hydrogen-bond donors (Lipinski definition) is 2. The van der Waals surface area contributed by atoms with E-state index in [0.29, 0.717) is 5.95 Å². The van der Waals surface area contributed by atoms with E-state index >= 15 is 0 Å². The topological polar surface area (TPSA) is 81.2 Å². The summed E-state index contributed by atoms with van der Waals surface area (Å²) in [4.78, 5) is 11.5. The van der Waals surface area contributed by atoms with Gasteiger partial charge in [0.15, 0.2) is 0 Å². The number of anilines is 4. The summed E-state index contributed by atoms with van der Waals surface area (Å²) in [7, 11) is 2.02. The standard InChI is InChI=1S/C23H24N6O/c1-28-15-20(19-7-2-16(24)14-22(19)28)21-8-9-25-23(27-21)26-17-3-5-18(6-4-17)29-10-12-30-13-11-29/h2-9,14-15H,10-13,24H2,1H3,(H,25,26,27). The normalized spacial score (nSPS) is 14.2. The van der Waals surface area contributed by atoms with Gasteiger partial charge in [-0.15, -0.1) is 0 Å². The molecule has 0 atom stereocenters. The first-order valence-electron chi connectivity index (χ1n) is 10.1. The van der Waals surface area contributed by atoms with E-state index in [1.54, 1.807) is 6.20 Å². The monoisotopic (exact) mass is 400 g/mol. The molecule has 1 aliphatic rings. The van der Waals surface area contributed by atoms with Crippen LogP contribution in [0.3, 0.4) is 0 Å². The van der Waals surface area contributed by atoms with Gasteiger partial charge in [-0.1, -0.05) is 6.07 Å². The molecule has 30 heavy (non-hydrogen) atoms. The van der Waals surface area contributed by atoms with E-state index in [9.17, 15) is 0 Å². The Balaban J connectivity index is 1.39. The Morgan fingerprint density at radius 2 is 1.83 bits per heavy atom. The van der Waals surface area contributed by atoms with Crippen LogP contribution in [0.2, 0.25) is 0 Å². The molecule has 0 spiro atoms. The van der Waals surface area contributed by atoms with Gasteiger partial charge in [0.2, 0.25) is 5.95 Å². The molecule has 3 heterocycles. The van der Waals surface area contributed by atoms with E-state index in [2.05, 4.69) is 50.2 Å². The van der Waals surface area contributed by atoms with Crippen LogP contribution in [-0.4, -0.2) is 40.8 Å². The summed E-state index contributed by atoms with van der Waals surface area (Å²) in [5.41, 5.74) is 11.9. The van der Waals surface area contributed by atoms with Gasteiger partial charge in [0, 0.05) is 60.5 Å². The highest BCUT2D eigenvalue weighted by atomic mass is 16.5. The van der Waals surface area contributed by atoms with Crippen LogP contribution in [0.1, 0.15) is 0 Å². The first-order valence-corrected chi connectivity index (χ1v) is 10.1. The molecule has 4 aromatic rings. The first kappa shape index (κ1) is 18.4. The van der Waals surface area contributed by atoms with Crippen molar-refractivity contribution in [1.82, 2.24) is 14.5 Å². The van der Waals surface area contributed by atoms with Gasteiger partial charge in [-0.3, -0.25) is 0 Å². The zero-order valence-electron chi connectivity index (χ0n) is 16.9. The fourth-order valence-corrected chi connectivity index (χ4v) is 3.88. The summed E-state index contributed by atoms with van der Waals surface area (Å²) in [5, 5.41) is 4.43. The average molecular weight is 400 g/mol. The summed E-state index contributed by atoms with van der Waals surface area (Å²) in [5.74, 6) is 0.569. The second-order valence-electron chi connectivity index (χ2n) is 7.47. The SMILES string of the molecule is Cn1cc(-c2ccnc(Nc3ccc(N4CCOCC4)cc3)n2)c2ccc(N)cc21. The highest BCUT2D eigenvalue weighted by Gasteiger charge is 2.13. The zero-order valence-corrected chi connectivity index (χ0v) is 16.9. The van der Waals surface area contributed by atoms with Gasteiger partial charge in [-0.2, -0.15) is 0 Å². The molecule has 0 unspecified atom stereocenters. The number of rotatable bonds is 4. The molecular weight excluding hydrogens is 376 g/mol. The summed E-state index contributed by atoms with van der Waals surface area (Å²) in [6.07, 6.45) is 3.86. The van der Waals surface area contributed by atoms with E-state index in [-0.39, 0.29) is 0 Å². The largest absolute Gasteiger partial charge is 0.399 e. The number of nitrogens with one attached hydrogen (secondary N) is 1. The maximum atomic E-state index is 5.95. The molecule has 1 saturated heterocycles. The number of fused-ring (bicyclic) bond motifs is 1. The van der Waals surface area contributed by atoms with Crippen LogP contribution in [0, 0.1) is 0 Å². The quantitative estimate of drug-likeness (QED) is 0.507. The lowest BCUT2D eigenvalue weighted by molar-refractivity contribution is 0.122. The molecule has 5 rings (SSSR count). The van der Waals surface area contributed by atoms with E-state index in [0.717, 1.165) is 59.8 Å². The fourth-order valence-electron chi connectivity index (χ4n) is 3.88. The van der Waals surface area contributed by atoms with Crippen molar-refractivity contribution < 1.29 is 4.74 Å². The molecule has 7 nitrogen and oxygen atoms in total. The Morgan fingerprint density at radius 3 is 2.63 bits per heavy atom.